The molecule has 3 nitrogen and oxygen atoms in total. The lowest BCUT2D eigenvalue weighted by Gasteiger charge is -2.17. The lowest BCUT2D eigenvalue weighted by atomic mass is 10.0. The number of hydrogen-bond donors (Lipinski definition) is 1. The number of ether oxygens (including phenoxy) is 2. The Morgan fingerprint density at radius 1 is 1.10 bits per heavy atom. The van der Waals surface area contributed by atoms with Crippen LogP contribution in [0.4, 0.5) is 8.78 Å². The van der Waals surface area contributed by atoms with Crippen molar-refractivity contribution in [3.05, 3.63) is 58.6 Å². The summed E-state index contributed by atoms with van der Waals surface area (Å²) in [7, 11) is 1.49. The number of hydrogen-bond acceptors (Lipinski definition) is 3. The van der Waals surface area contributed by atoms with E-state index in [2.05, 4.69) is 4.74 Å². The van der Waals surface area contributed by atoms with E-state index in [-0.39, 0.29) is 16.3 Å². The van der Waals surface area contributed by atoms with Crippen LogP contribution in [0.2, 0.25) is 5.02 Å². The van der Waals surface area contributed by atoms with Gasteiger partial charge in [0.05, 0.1) is 12.1 Å². The van der Waals surface area contributed by atoms with Crippen LogP contribution < -0.4 is 9.47 Å². The van der Waals surface area contributed by atoms with Crippen molar-refractivity contribution in [2.24, 2.45) is 0 Å². The lowest BCUT2D eigenvalue weighted by molar-refractivity contribution is -0.0512. The molecule has 1 N–H and O–H groups in total. The quantitative estimate of drug-likeness (QED) is 0.905. The van der Waals surface area contributed by atoms with E-state index in [1.54, 1.807) is 24.3 Å². The molecule has 0 aromatic heterocycles. The van der Waals surface area contributed by atoms with Crippen molar-refractivity contribution >= 4 is 11.6 Å². The minimum atomic E-state index is -2.97. The van der Waals surface area contributed by atoms with Crippen LogP contribution in [-0.4, -0.2) is 18.8 Å². The van der Waals surface area contributed by atoms with Crippen LogP contribution in [-0.2, 0) is 0 Å². The number of halogens is 3. The Balaban J connectivity index is 2.38. The van der Waals surface area contributed by atoms with Gasteiger partial charge in [0, 0.05) is 11.1 Å². The third-order valence-corrected chi connectivity index (χ3v) is 3.26. The van der Waals surface area contributed by atoms with Gasteiger partial charge >= 0.3 is 6.61 Å². The highest BCUT2D eigenvalue weighted by Gasteiger charge is 2.20. The van der Waals surface area contributed by atoms with E-state index in [1.807, 2.05) is 0 Å². The van der Waals surface area contributed by atoms with Gasteiger partial charge in [-0.25, -0.2) is 0 Å². The molecule has 0 saturated carbocycles. The molecule has 112 valence electrons. The first-order valence-electron chi connectivity index (χ1n) is 6.08. The molecule has 0 spiro atoms. The van der Waals surface area contributed by atoms with Crippen molar-refractivity contribution in [2.75, 3.05) is 7.11 Å². The average molecular weight is 315 g/mol. The predicted octanol–water partition coefficient (Wildman–Crippen LogP) is 4.03. The number of aliphatic hydroxyl groups excluding tert-OH is 1. The first-order valence-corrected chi connectivity index (χ1v) is 6.46. The van der Waals surface area contributed by atoms with E-state index in [0.29, 0.717) is 11.3 Å². The third kappa shape index (κ3) is 3.62. The molecule has 21 heavy (non-hydrogen) atoms. The van der Waals surface area contributed by atoms with Gasteiger partial charge in [0.2, 0.25) is 0 Å². The Morgan fingerprint density at radius 2 is 1.81 bits per heavy atom. The Labute approximate surface area is 125 Å². The zero-order chi connectivity index (χ0) is 15.4. The van der Waals surface area contributed by atoms with Gasteiger partial charge in [-0.15, -0.1) is 0 Å². The molecule has 0 aliphatic carbocycles. The fourth-order valence-electron chi connectivity index (χ4n) is 1.93. The molecule has 2 rings (SSSR count). The van der Waals surface area contributed by atoms with Gasteiger partial charge in [0.15, 0.2) is 0 Å². The summed E-state index contributed by atoms with van der Waals surface area (Å²) in [6, 6.07) is 10.8. The van der Waals surface area contributed by atoms with E-state index in [1.165, 1.54) is 25.3 Å². The monoisotopic (exact) mass is 314 g/mol. The number of methoxy groups -OCH3 is 1. The number of para-hydroxylation sites is 1. The smallest absolute Gasteiger partial charge is 0.387 e. The van der Waals surface area contributed by atoms with Crippen LogP contribution in [0.15, 0.2) is 42.5 Å². The Morgan fingerprint density at radius 3 is 2.43 bits per heavy atom. The van der Waals surface area contributed by atoms with Gasteiger partial charge in [-0.3, -0.25) is 0 Å². The summed E-state index contributed by atoms with van der Waals surface area (Å²) in [6.07, 6.45) is -1.18. The molecule has 1 unspecified atom stereocenters. The molecule has 0 amide bonds. The third-order valence-electron chi connectivity index (χ3n) is 2.93. The van der Waals surface area contributed by atoms with Crippen LogP contribution in [0.5, 0.6) is 11.5 Å². The Kier molecular flexibility index (Phi) is 4.98. The highest BCUT2D eigenvalue weighted by Crippen LogP contribution is 2.35. The molecule has 0 aliphatic heterocycles. The molecule has 0 radical (unpaired) electrons. The highest BCUT2D eigenvalue weighted by molar-refractivity contribution is 6.31. The topological polar surface area (TPSA) is 38.7 Å². The first-order chi connectivity index (χ1) is 10.0. The SMILES string of the molecule is COc1ccc(C(O)c2ccccc2OC(F)F)c(Cl)c1. The summed E-state index contributed by atoms with van der Waals surface area (Å²) in [5.41, 5.74) is 0.590. The fraction of sp³-hybridized carbons (Fsp3) is 0.200. The largest absolute Gasteiger partial charge is 0.497 e. The van der Waals surface area contributed by atoms with Crippen molar-refractivity contribution in [1.82, 2.24) is 0 Å². The zero-order valence-electron chi connectivity index (χ0n) is 11.1. The summed E-state index contributed by atoms with van der Waals surface area (Å²) in [4.78, 5) is 0. The van der Waals surface area contributed by atoms with Gasteiger partial charge in [0.1, 0.15) is 17.6 Å². The zero-order valence-corrected chi connectivity index (χ0v) is 11.8. The highest BCUT2D eigenvalue weighted by atomic mass is 35.5. The second-order valence-corrected chi connectivity index (χ2v) is 4.61. The normalized spacial score (nSPS) is 12.3. The summed E-state index contributed by atoms with van der Waals surface area (Å²) in [5, 5.41) is 10.7. The molecule has 0 fully saturated rings. The van der Waals surface area contributed by atoms with Crippen LogP contribution in [0.3, 0.4) is 0 Å². The number of alkyl halides is 2. The van der Waals surface area contributed by atoms with Crippen LogP contribution >= 0.6 is 11.6 Å². The summed E-state index contributed by atoms with van der Waals surface area (Å²) < 4.78 is 34.2. The average Bonchev–Trinajstić information content (AvgIpc) is 2.46. The molecular weight excluding hydrogens is 302 g/mol. The second kappa shape index (κ2) is 6.74. The van der Waals surface area contributed by atoms with Gasteiger partial charge in [0.25, 0.3) is 0 Å². The Bertz CT molecular complexity index is 620. The molecule has 2 aromatic carbocycles. The first kappa shape index (κ1) is 15.5. The summed E-state index contributed by atoms with van der Waals surface area (Å²) in [5.74, 6) is 0.444. The maximum atomic E-state index is 12.4. The molecule has 0 aliphatic rings. The molecule has 0 heterocycles. The van der Waals surface area contributed by atoms with E-state index in [4.69, 9.17) is 16.3 Å². The molecule has 0 saturated heterocycles. The van der Waals surface area contributed by atoms with E-state index in [0.717, 1.165) is 0 Å². The molecule has 6 heteroatoms. The Hall–Kier alpha value is -1.85. The lowest BCUT2D eigenvalue weighted by Crippen LogP contribution is -2.08. The van der Waals surface area contributed by atoms with Crippen LogP contribution in [0.25, 0.3) is 0 Å². The fourth-order valence-corrected chi connectivity index (χ4v) is 2.21. The van der Waals surface area contributed by atoms with Crippen molar-refractivity contribution in [3.8, 4) is 11.5 Å². The van der Waals surface area contributed by atoms with Gasteiger partial charge in [-0.1, -0.05) is 35.9 Å². The maximum absolute atomic E-state index is 12.4. The molecule has 0 bridgehead atoms. The van der Waals surface area contributed by atoms with E-state index < -0.39 is 12.7 Å². The number of benzene rings is 2. The van der Waals surface area contributed by atoms with E-state index >= 15 is 0 Å². The van der Waals surface area contributed by atoms with E-state index in [9.17, 15) is 13.9 Å². The standard InChI is InChI=1S/C15H13ClF2O3/c1-20-9-6-7-10(12(16)8-9)14(19)11-4-2-3-5-13(11)21-15(17)18/h2-8,14-15,19H,1H3. The minimum Gasteiger partial charge on any atom is -0.497 e. The number of rotatable bonds is 5. The van der Waals surface area contributed by atoms with Crippen LogP contribution in [0, 0.1) is 0 Å². The van der Waals surface area contributed by atoms with Crippen molar-refractivity contribution in [1.29, 1.82) is 0 Å². The van der Waals surface area contributed by atoms with Crippen molar-refractivity contribution < 1.29 is 23.4 Å². The predicted molar refractivity (Wildman–Crippen MR) is 75.1 cm³/mol. The van der Waals surface area contributed by atoms with Gasteiger partial charge in [-0.05, 0) is 18.2 Å². The van der Waals surface area contributed by atoms with Gasteiger partial charge < -0.3 is 14.6 Å². The van der Waals surface area contributed by atoms with Gasteiger partial charge in [-0.2, -0.15) is 8.78 Å². The van der Waals surface area contributed by atoms with Crippen LogP contribution in [0.1, 0.15) is 17.2 Å². The molecule has 1 atom stereocenters. The maximum Gasteiger partial charge on any atom is 0.387 e. The molecule has 2 aromatic rings. The summed E-state index contributed by atoms with van der Waals surface area (Å²) in [6.45, 7) is -2.97. The molecular formula is C15H13ClF2O3. The summed E-state index contributed by atoms with van der Waals surface area (Å²) >= 11 is 6.08. The second-order valence-electron chi connectivity index (χ2n) is 4.21. The van der Waals surface area contributed by atoms with Crippen molar-refractivity contribution in [3.63, 3.8) is 0 Å². The number of aliphatic hydroxyl groups is 1. The minimum absolute atomic E-state index is 0.0908. The van der Waals surface area contributed by atoms with Crippen molar-refractivity contribution in [2.45, 2.75) is 12.7 Å².